The van der Waals surface area contributed by atoms with Gasteiger partial charge in [-0.15, -0.1) is 0 Å². The molecule has 1 aliphatic rings. The van der Waals surface area contributed by atoms with Crippen LogP contribution in [-0.2, 0) is 14.8 Å². The van der Waals surface area contributed by atoms with Gasteiger partial charge in [-0.3, -0.25) is 0 Å². The number of epoxide rings is 1. The molecule has 1 saturated heterocycles. The van der Waals surface area contributed by atoms with E-state index < -0.39 is 10.0 Å². The average Bonchev–Trinajstić information content (AvgIpc) is 3.28. The van der Waals surface area contributed by atoms with E-state index >= 15 is 0 Å². The van der Waals surface area contributed by atoms with Crippen LogP contribution in [0.4, 0.5) is 0 Å². The van der Waals surface area contributed by atoms with Gasteiger partial charge >= 0.3 is 0 Å². The van der Waals surface area contributed by atoms with Crippen molar-refractivity contribution in [3.05, 3.63) is 65.7 Å². The molecule has 116 valence electrons. The number of benzene rings is 2. The summed E-state index contributed by atoms with van der Waals surface area (Å²) in [6, 6.07) is 16.8. The van der Waals surface area contributed by atoms with Crippen LogP contribution in [-0.4, -0.2) is 21.1 Å². The van der Waals surface area contributed by atoms with Crippen molar-refractivity contribution in [3.8, 4) is 0 Å². The number of hydrogen-bond acceptors (Lipinski definition) is 3. The first-order chi connectivity index (χ1) is 10.6. The standard InChI is InChI=1S/C17H19NO3S/c1-13-7-9-15(10-8-13)22(19,20)18-12-11-16-17(21-16)14-5-3-2-4-6-14/h2-10,16-18H,11-12H2,1H3. The highest BCUT2D eigenvalue weighted by Crippen LogP contribution is 2.40. The Balaban J connectivity index is 1.51. The van der Waals surface area contributed by atoms with E-state index in [0.717, 1.165) is 11.1 Å². The van der Waals surface area contributed by atoms with Crippen LogP contribution in [0.25, 0.3) is 0 Å². The third-order valence-corrected chi connectivity index (χ3v) is 5.24. The number of aryl methyl sites for hydroxylation is 1. The molecule has 4 nitrogen and oxygen atoms in total. The fraction of sp³-hybridized carbons (Fsp3) is 0.294. The molecule has 0 aromatic heterocycles. The van der Waals surface area contributed by atoms with Crippen LogP contribution < -0.4 is 4.72 Å². The predicted octanol–water partition coefficient (Wildman–Crippen LogP) is 2.80. The molecule has 1 heterocycles. The average molecular weight is 317 g/mol. The van der Waals surface area contributed by atoms with E-state index in [0.29, 0.717) is 17.9 Å². The second-order valence-corrected chi connectivity index (χ2v) is 7.27. The summed E-state index contributed by atoms with van der Waals surface area (Å²) in [5.74, 6) is 0. The summed E-state index contributed by atoms with van der Waals surface area (Å²) in [7, 11) is -3.43. The first-order valence-corrected chi connectivity index (χ1v) is 8.81. The van der Waals surface area contributed by atoms with E-state index in [-0.39, 0.29) is 12.2 Å². The zero-order chi connectivity index (χ0) is 15.6. The SMILES string of the molecule is Cc1ccc(S(=O)(=O)NCCC2OC2c2ccccc2)cc1. The van der Waals surface area contributed by atoms with E-state index in [4.69, 9.17) is 4.74 Å². The predicted molar refractivity (Wildman–Crippen MR) is 85.0 cm³/mol. The Kier molecular flexibility index (Phi) is 4.29. The normalized spacial score (nSPS) is 20.8. The van der Waals surface area contributed by atoms with Crippen LogP contribution >= 0.6 is 0 Å². The number of ether oxygens (including phenoxy) is 1. The van der Waals surface area contributed by atoms with Crippen molar-refractivity contribution in [2.45, 2.75) is 30.4 Å². The third kappa shape index (κ3) is 3.55. The van der Waals surface area contributed by atoms with Gasteiger partial charge in [-0.25, -0.2) is 13.1 Å². The monoisotopic (exact) mass is 317 g/mol. The molecule has 0 amide bonds. The quantitative estimate of drug-likeness (QED) is 0.834. The van der Waals surface area contributed by atoms with Gasteiger partial charge in [-0.2, -0.15) is 0 Å². The van der Waals surface area contributed by atoms with Gasteiger partial charge in [0, 0.05) is 6.54 Å². The minimum atomic E-state index is -3.43. The third-order valence-electron chi connectivity index (χ3n) is 3.76. The second kappa shape index (κ2) is 6.20. The van der Waals surface area contributed by atoms with Gasteiger partial charge in [0.25, 0.3) is 0 Å². The molecule has 22 heavy (non-hydrogen) atoms. The van der Waals surface area contributed by atoms with Gasteiger partial charge in [-0.1, -0.05) is 48.0 Å². The van der Waals surface area contributed by atoms with Crippen molar-refractivity contribution in [2.24, 2.45) is 0 Å². The lowest BCUT2D eigenvalue weighted by molar-refractivity contribution is 0.366. The zero-order valence-corrected chi connectivity index (χ0v) is 13.2. The van der Waals surface area contributed by atoms with Crippen molar-refractivity contribution in [3.63, 3.8) is 0 Å². The Morgan fingerprint density at radius 3 is 2.41 bits per heavy atom. The highest BCUT2D eigenvalue weighted by atomic mass is 32.2. The van der Waals surface area contributed by atoms with Crippen LogP contribution in [0.2, 0.25) is 0 Å². The fourth-order valence-corrected chi connectivity index (χ4v) is 3.48. The van der Waals surface area contributed by atoms with Gasteiger partial charge in [0.05, 0.1) is 11.0 Å². The van der Waals surface area contributed by atoms with E-state index in [9.17, 15) is 8.42 Å². The molecule has 2 atom stereocenters. The molecular weight excluding hydrogens is 298 g/mol. The number of nitrogens with one attached hydrogen (secondary N) is 1. The van der Waals surface area contributed by atoms with Crippen molar-refractivity contribution in [1.82, 2.24) is 4.72 Å². The fourth-order valence-electron chi connectivity index (χ4n) is 2.43. The number of sulfonamides is 1. The van der Waals surface area contributed by atoms with Crippen LogP contribution in [0.1, 0.15) is 23.7 Å². The minimum Gasteiger partial charge on any atom is -0.364 e. The van der Waals surface area contributed by atoms with Crippen molar-refractivity contribution in [2.75, 3.05) is 6.54 Å². The lowest BCUT2D eigenvalue weighted by Gasteiger charge is -2.06. The maximum absolute atomic E-state index is 12.1. The maximum atomic E-state index is 12.1. The van der Waals surface area contributed by atoms with Crippen molar-refractivity contribution in [1.29, 1.82) is 0 Å². The number of hydrogen-bond donors (Lipinski definition) is 1. The van der Waals surface area contributed by atoms with E-state index in [1.807, 2.05) is 37.3 Å². The van der Waals surface area contributed by atoms with E-state index in [1.165, 1.54) is 0 Å². The minimum absolute atomic E-state index is 0.100. The van der Waals surface area contributed by atoms with Gasteiger partial charge in [0.15, 0.2) is 0 Å². The van der Waals surface area contributed by atoms with E-state index in [1.54, 1.807) is 24.3 Å². The van der Waals surface area contributed by atoms with Crippen LogP contribution in [0.15, 0.2) is 59.5 Å². The molecule has 2 aromatic carbocycles. The summed E-state index contributed by atoms with van der Waals surface area (Å²) in [4.78, 5) is 0.300. The summed E-state index contributed by atoms with van der Waals surface area (Å²) in [5.41, 5.74) is 2.19. The van der Waals surface area contributed by atoms with Crippen molar-refractivity contribution >= 4 is 10.0 Å². The lowest BCUT2D eigenvalue weighted by Crippen LogP contribution is -2.25. The topological polar surface area (TPSA) is 58.7 Å². The first kappa shape index (κ1) is 15.2. The summed E-state index contributed by atoms with van der Waals surface area (Å²) >= 11 is 0. The lowest BCUT2D eigenvalue weighted by atomic mass is 10.1. The van der Waals surface area contributed by atoms with Gasteiger partial charge in [-0.05, 0) is 31.0 Å². The Labute approximate surface area is 131 Å². The number of rotatable bonds is 6. The Hall–Kier alpha value is -1.69. The molecule has 3 rings (SSSR count). The highest BCUT2D eigenvalue weighted by molar-refractivity contribution is 7.89. The molecule has 0 aliphatic carbocycles. The molecule has 1 N–H and O–H groups in total. The summed E-state index contributed by atoms with van der Waals surface area (Å²) in [6.07, 6.45) is 0.873. The highest BCUT2D eigenvalue weighted by Gasteiger charge is 2.39. The molecular formula is C17H19NO3S. The smallest absolute Gasteiger partial charge is 0.240 e. The Morgan fingerprint density at radius 1 is 1.05 bits per heavy atom. The molecule has 1 aliphatic heterocycles. The summed E-state index contributed by atoms with van der Waals surface area (Å²) in [6.45, 7) is 2.31. The summed E-state index contributed by atoms with van der Waals surface area (Å²) in [5, 5.41) is 0. The van der Waals surface area contributed by atoms with Crippen molar-refractivity contribution < 1.29 is 13.2 Å². The van der Waals surface area contributed by atoms with Gasteiger partial charge in [0.1, 0.15) is 6.10 Å². The molecule has 0 radical (unpaired) electrons. The molecule has 0 spiro atoms. The second-order valence-electron chi connectivity index (χ2n) is 5.51. The van der Waals surface area contributed by atoms with Crippen LogP contribution in [0, 0.1) is 6.92 Å². The molecule has 0 bridgehead atoms. The van der Waals surface area contributed by atoms with Gasteiger partial charge in [0.2, 0.25) is 10.0 Å². The molecule has 2 unspecified atom stereocenters. The maximum Gasteiger partial charge on any atom is 0.240 e. The Morgan fingerprint density at radius 2 is 1.73 bits per heavy atom. The molecule has 0 saturated carbocycles. The summed E-state index contributed by atoms with van der Waals surface area (Å²) < 4.78 is 32.5. The molecule has 1 fully saturated rings. The first-order valence-electron chi connectivity index (χ1n) is 7.33. The van der Waals surface area contributed by atoms with E-state index in [2.05, 4.69) is 4.72 Å². The van der Waals surface area contributed by atoms with Crippen LogP contribution in [0.5, 0.6) is 0 Å². The van der Waals surface area contributed by atoms with Gasteiger partial charge < -0.3 is 4.74 Å². The molecule has 5 heteroatoms. The van der Waals surface area contributed by atoms with Crippen LogP contribution in [0.3, 0.4) is 0 Å². The largest absolute Gasteiger partial charge is 0.364 e. The Bertz CT molecular complexity index is 726. The zero-order valence-electron chi connectivity index (χ0n) is 12.4. The molecule has 2 aromatic rings.